The third-order valence-corrected chi connectivity index (χ3v) is 10.4. The molecule has 158 valence electrons. The SMILES string of the molecule is CC(C)(C)[Si](C)(C)ONC(=O)CNS(=O)(=O)c1ccc(Oc2ccccc2)cc1. The molecule has 0 unspecified atom stereocenters. The van der Waals surface area contributed by atoms with Crippen molar-refractivity contribution in [2.75, 3.05) is 6.54 Å². The summed E-state index contributed by atoms with van der Waals surface area (Å²) in [7, 11) is -6.01. The number of amides is 1. The van der Waals surface area contributed by atoms with Gasteiger partial charge in [0.15, 0.2) is 0 Å². The number of para-hydroxylation sites is 1. The lowest BCUT2D eigenvalue weighted by atomic mass is 10.2. The highest BCUT2D eigenvalue weighted by molar-refractivity contribution is 7.89. The number of hydrogen-bond donors (Lipinski definition) is 2. The number of sulfonamides is 1. The minimum absolute atomic E-state index is 0.0380. The summed E-state index contributed by atoms with van der Waals surface area (Å²) >= 11 is 0. The van der Waals surface area contributed by atoms with Crippen LogP contribution in [0.2, 0.25) is 18.1 Å². The highest BCUT2D eigenvalue weighted by Gasteiger charge is 2.38. The zero-order valence-corrected chi connectivity index (χ0v) is 19.2. The van der Waals surface area contributed by atoms with Crippen molar-refractivity contribution in [3.8, 4) is 11.5 Å². The Hall–Kier alpha value is -2.20. The van der Waals surface area contributed by atoms with Gasteiger partial charge in [-0.05, 0) is 54.5 Å². The van der Waals surface area contributed by atoms with Gasteiger partial charge >= 0.3 is 0 Å². The Morgan fingerprint density at radius 2 is 1.52 bits per heavy atom. The third kappa shape index (κ3) is 6.67. The van der Waals surface area contributed by atoms with Gasteiger partial charge in [0.1, 0.15) is 11.5 Å². The first kappa shape index (κ1) is 23.1. The number of rotatable bonds is 8. The van der Waals surface area contributed by atoms with Crippen LogP contribution in [-0.2, 0) is 19.3 Å². The van der Waals surface area contributed by atoms with Crippen molar-refractivity contribution in [3.63, 3.8) is 0 Å². The molecule has 0 aliphatic heterocycles. The maximum Gasteiger partial charge on any atom is 0.257 e. The van der Waals surface area contributed by atoms with Crippen LogP contribution in [0.1, 0.15) is 20.8 Å². The summed E-state index contributed by atoms with van der Waals surface area (Å²) in [6.45, 7) is 9.67. The Kier molecular flexibility index (Phi) is 7.23. The topological polar surface area (TPSA) is 93.7 Å². The Morgan fingerprint density at radius 3 is 2.07 bits per heavy atom. The molecular formula is C20H28N2O5SSi. The predicted octanol–water partition coefficient (Wildman–Crippen LogP) is 3.81. The van der Waals surface area contributed by atoms with Gasteiger partial charge in [-0.2, -0.15) is 0 Å². The number of benzene rings is 2. The molecular weight excluding hydrogens is 408 g/mol. The molecule has 29 heavy (non-hydrogen) atoms. The summed E-state index contributed by atoms with van der Waals surface area (Å²) in [4.78, 5) is 12.0. The molecule has 2 aromatic rings. The predicted molar refractivity (Wildman–Crippen MR) is 115 cm³/mol. The van der Waals surface area contributed by atoms with Crippen LogP contribution < -0.4 is 14.9 Å². The molecule has 0 atom stereocenters. The van der Waals surface area contributed by atoms with E-state index in [1.807, 2.05) is 52.1 Å². The van der Waals surface area contributed by atoms with Crippen molar-refractivity contribution in [1.29, 1.82) is 0 Å². The second-order valence-electron chi connectivity index (χ2n) is 8.10. The molecule has 2 aromatic carbocycles. The van der Waals surface area contributed by atoms with Crippen LogP contribution in [0.25, 0.3) is 0 Å². The van der Waals surface area contributed by atoms with Crippen LogP contribution in [-0.4, -0.2) is 29.2 Å². The lowest BCUT2D eigenvalue weighted by Gasteiger charge is -2.35. The van der Waals surface area contributed by atoms with Crippen LogP contribution in [0.4, 0.5) is 0 Å². The molecule has 2 N–H and O–H groups in total. The quantitative estimate of drug-likeness (QED) is 0.485. The average molecular weight is 437 g/mol. The fourth-order valence-electron chi connectivity index (χ4n) is 1.93. The van der Waals surface area contributed by atoms with Crippen LogP contribution in [0.15, 0.2) is 59.5 Å². The van der Waals surface area contributed by atoms with Crippen molar-refractivity contribution >= 4 is 24.2 Å². The number of ether oxygens (including phenoxy) is 1. The van der Waals surface area contributed by atoms with E-state index in [9.17, 15) is 13.2 Å². The van der Waals surface area contributed by atoms with Crippen molar-refractivity contribution < 1.29 is 22.5 Å². The largest absolute Gasteiger partial charge is 0.457 e. The van der Waals surface area contributed by atoms with Gasteiger partial charge in [-0.15, -0.1) is 0 Å². The number of hydrogen-bond acceptors (Lipinski definition) is 5. The Balaban J connectivity index is 1.91. The van der Waals surface area contributed by atoms with E-state index in [2.05, 4.69) is 10.2 Å². The van der Waals surface area contributed by atoms with Crippen molar-refractivity contribution in [2.24, 2.45) is 0 Å². The average Bonchev–Trinajstić information content (AvgIpc) is 2.65. The molecule has 1 amide bonds. The Labute approximate surface area is 173 Å². The van der Waals surface area contributed by atoms with Crippen molar-refractivity contribution in [2.45, 2.75) is 43.8 Å². The third-order valence-electron chi connectivity index (χ3n) is 4.76. The van der Waals surface area contributed by atoms with Crippen LogP contribution in [0.3, 0.4) is 0 Å². The molecule has 0 radical (unpaired) electrons. The summed E-state index contributed by atoms with van der Waals surface area (Å²) in [5, 5.41) is -0.0800. The van der Waals surface area contributed by atoms with E-state index in [0.717, 1.165) is 0 Å². The van der Waals surface area contributed by atoms with Gasteiger partial charge < -0.3 is 9.26 Å². The molecule has 0 fully saturated rings. The monoisotopic (exact) mass is 436 g/mol. The standard InChI is InChI=1S/C20H28N2O5SSi/c1-20(2,3)29(4,5)27-22-19(23)15-21-28(24,25)18-13-11-17(12-14-18)26-16-9-7-6-8-10-16/h6-14,21H,15H2,1-5H3,(H,22,23). The fraction of sp³-hybridized carbons (Fsp3) is 0.350. The maximum absolute atomic E-state index is 12.4. The van der Waals surface area contributed by atoms with Gasteiger partial charge in [-0.25, -0.2) is 18.6 Å². The van der Waals surface area contributed by atoms with Gasteiger partial charge in [0, 0.05) is 0 Å². The number of carbonyl (C=O) groups excluding carboxylic acids is 1. The number of carbonyl (C=O) groups is 1. The molecule has 7 nitrogen and oxygen atoms in total. The van der Waals surface area contributed by atoms with E-state index in [4.69, 9.17) is 9.26 Å². The summed E-state index contributed by atoms with van der Waals surface area (Å²) in [6.07, 6.45) is 0. The van der Waals surface area contributed by atoms with E-state index >= 15 is 0 Å². The summed E-state index contributed by atoms with van der Waals surface area (Å²) < 4.78 is 38.3. The van der Waals surface area contributed by atoms with E-state index in [1.54, 1.807) is 24.3 Å². The Morgan fingerprint density at radius 1 is 0.966 bits per heavy atom. The van der Waals surface area contributed by atoms with Gasteiger partial charge in [0.2, 0.25) is 18.3 Å². The second kappa shape index (κ2) is 9.08. The van der Waals surface area contributed by atoms with E-state index in [0.29, 0.717) is 11.5 Å². The van der Waals surface area contributed by atoms with Crippen LogP contribution >= 0.6 is 0 Å². The zero-order chi connectivity index (χ0) is 21.7. The molecule has 0 aromatic heterocycles. The first-order valence-electron chi connectivity index (χ1n) is 9.20. The van der Waals surface area contributed by atoms with Crippen LogP contribution in [0.5, 0.6) is 11.5 Å². The van der Waals surface area contributed by atoms with Crippen molar-refractivity contribution in [1.82, 2.24) is 10.2 Å². The molecule has 9 heteroatoms. The molecule has 0 heterocycles. The fourth-order valence-corrected chi connectivity index (χ4v) is 3.59. The lowest BCUT2D eigenvalue weighted by Crippen LogP contribution is -2.48. The minimum atomic E-state index is -3.84. The molecule has 0 saturated heterocycles. The Bertz CT molecular complexity index is 924. The molecule has 0 aliphatic carbocycles. The summed E-state index contributed by atoms with van der Waals surface area (Å²) in [5.41, 5.74) is 2.37. The number of hydroxylamine groups is 1. The summed E-state index contributed by atoms with van der Waals surface area (Å²) in [6, 6.07) is 15.1. The number of nitrogens with one attached hydrogen (secondary N) is 2. The minimum Gasteiger partial charge on any atom is -0.457 e. The van der Waals surface area contributed by atoms with Crippen molar-refractivity contribution in [3.05, 3.63) is 54.6 Å². The van der Waals surface area contributed by atoms with E-state index < -0.39 is 30.8 Å². The summed E-state index contributed by atoms with van der Waals surface area (Å²) in [5.74, 6) is 0.609. The lowest BCUT2D eigenvalue weighted by molar-refractivity contribution is -0.127. The molecule has 0 aliphatic rings. The smallest absolute Gasteiger partial charge is 0.257 e. The normalized spacial score (nSPS) is 12.4. The second-order valence-corrected chi connectivity index (χ2v) is 14.6. The van der Waals surface area contributed by atoms with Gasteiger partial charge in [-0.3, -0.25) is 4.79 Å². The van der Waals surface area contributed by atoms with Gasteiger partial charge in [0.05, 0.1) is 11.4 Å². The van der Waals surface area contributed by atoms with Gasteiger partial charge in [-0.1, -0.05) is 39.0 Å². The molecule has 0 bridgehead atoms. The highest BCUT2D eigenvalue weighted by atomic mass is 32.2. The molecule has 0 spiro atoms. The first-order chi connectivity index (χ1) is 13.4. The zero-order valence-electron chi connectivity index (χ0n) is 17.4. The van der Waals surface area contributed by atoms with Gasteiger partial charge in [0.25, 0.3) is 5.91 Å². The van der Waals surface area contributed by atoms with Crippen LogP contribution in [0, 0.1) is 0 Å². The maximum atomic E-state index is 12.4. The molecule has 2 rings (SSSR count). The van der Waals surface area contributed by atoms with E-state index in [1.165, 1.54) is 12.1 Å². The molecule has 0 saturated carbocycles. The first-order valence-corrected chi connectivity index (χ1v) is 13.6. The van der Waals surface area contributed by atoms with E-state index in [-0.39, 0.29) is 9.93 Å². The highest BCUT2D eigenvalue weighted by Crippen LogP contribution is 2.35.